The smallest absolute Gasteiger partial charge is 0.143 e. The highest BCUT2D eigenvalue weighted by Crippen LogP contribution is 2.82. The van der Waals surface area contributed by atoms with Gasteiger partial charge in [0.15, 0.2) is 0 Å². The van der Waals surface area contributed by atoms with Crippen LogP contribution >= 0.6 is 73.3 Å². The van der Waals surface area contributed by atoms with Gasteiger partial charge < -0.3 is 0 Å². The molecule has 0 aliphatic heterocycles. The Labute approximate surface area is 189 Å². The standard InChI is InChI=1S/C18H27B2ClI2P2/c1-18(2,3)20(23)25-17-9-5-7-12(13(7)17)16(9)24-19(22)14-8-4-6-10(14)11(6)15(8)21/h6-17,24-25H,4-5H2,1-3H3. The molecule has 8 bridgehead atoms. The Morgan fingerprint density at radius 2 is 1.44 bits per heavy atom. The van der Waals surface area contributed by atoms with E-state index in [2.05, 4.69) is 65.5 Å². The molecule has 0 saturated heterocycles. The molecule has 8 saturated carbocycles. The molecule has 0 nitrogen and oxygen atoms in total. The summed E-state index contributed by atoms with van der Waals surface area (Å²) in [7, 11) is 2.47. The summed E-state index contributed by atoms with van der Waals surface area (Å²) in [6.07, 6.45) is 3.11. The van der Waals surface area contributed by atoms with Gasteiger partial charge in [-0.2, -0.15) is 0 Å². The molecular formula is C18H27B2ClI2P2. The van der Waals surface area contributed by atoms with Crippen molar-refractivity contribution in [1.82, 2.24) is 0 Å². The van der Waals surface area contributed by atoms with E-state index in [0.717, 1.165) is 61.2 Å². The monoisotopic (exact) mass is 616 g/mol. The molecule has 0 radical (unpaired) electrons. The fraction of sp³-hybridized carbons (Fsp3) is 1.00. The maximum Gasteiger partial charge on any atom is 0.248 e. The van der Waals surface area contributed by atoms with Crippen LogP contribution in [0.1, 0.15) is 33.6 Å². The average molecular weight is 616 g/mol. The molecule has 8 aliphatic rings. The van der Waals surface area contributed by atoms with Crippen LogP contribution < -0.4 is 0 Å². The SMILES string of the molecule is CC(C)(C)B(I)PC1C2CC3C(C2PB(I)C2C4CC5C(C4Cl)C52)C31. The molecule has 0 amide bonds. The van der Waals surface area contributed by atoms with E-state index in [9.17, 15) is 0 Å². The number of halogens is 3. The molecule has 0 aromatic heterocycles. The number of rotatable bonds is 5. The van der Waals surface area contributed by atoms with Gasteiger partial charge in [-0.25, -0.2) is 0 Å². The average Bonchev–Trinajstić information content (AvgIpc) is 2.96. The van der Waals surface area contributed by atoms with Gasteiger partial charge >= 0.3 is 0 Å². The second-order valence-corrected chi connectivity index (χ2v) is 19.6. The normalized spacial score (nSPS) is 59.8. The lowest BCUT2D eigenvalue weighted by atomic mass is 9.73. The lowest BCUT2D eigenvalue weighted by molar-refractivity contribution is 0.606. The molecule has 0 aromatic carbocycles. The Hall–Kier alpha value is 2.74. The summed E-state index contributed by atoms with van der Waals surface area (Å²) < 4.78 is 1.83. The van der Waals surface area contributed by atoms with Crippen molar-refractivity contribution in [3.8, 4) is 0 Å². The third-order valence-corrected chi connectivity index (χ3v) is 18.7. The zero-order valence-electron chi connectivity index (χ0n) is 15.1. The maximum absolute atomic E-state index is 6.75. The van der Waals surface area contributed by atoms with Crippen LogP contribution in [0.3, 0.4) is 0 Å². The van der Waals surface area contributed by atoms with Gasteiger partial charge in [-0.3, -0.25) is 0 Å². The molecule has 14 unspecified atom stereocenters. The predicted octanol–water partition coefficient (Wildman–Crippen LogP) is 6.50. The van der Waals surface area contributed by atoms with Crippen LogP contribution in [-0.4, -0.2) is 25.3 Å². The molecular weight excluding hydrogens is 589 g/mol. The Balaban J connectivity index is 1.13. The van der Waals surface area contributed by atoms with Gasteiger partial charge in [-0.15, -0.1) is 73.3 Å². The topological polar surface area (TPSA) is 0 Å². The largest absolute Gasteiger partial charge is 0.248 e. The molecule has 14 atom stereocenters. The lowest BCUT2D eigenvalue weighted by Gasteiger charge is -2.29. The van der Waals surface area contributed by atoms with Crippen LogP contribution in [0.15, 0.2) is 0 Å². The maximum atomic E-state index is 6.75. The summed E-state index contributed by atoms with van der Waals surface area (Å²) in [5.74, 6) is 9.60. The van der Waals surface area contributed by atoms with Crippen LogP contribution in [0.2, 0.25) is 11.1 Å². The highest BCUT2D eigenvalue weighted by molar-refractivity contribution is 14.1. The van der Waals surface area contributed by atoms with Gasteiger partial charge in [-0.1, -0.05) is 20.8 Å². The predicted molar refractivity (Wildman–Crippen MR) is 134 cm³/mol. The third kappa shape index (κ3) is 2.51. The second kappa shape index (κ2) is 5.91. The Morgan fingerprint density at radius 1 is 0.840 bits per heavy atom. The summed E-state index contributed by atoms with van der Waals surface area (Å²) in [5.41, 5.74) is 2.24. The second-order valence-electron chi connectivity index (χ2n) is 11.0. The van der Waals surface area contributed by atoms with E-state index in [1.54, 1.807) is 6.42 Å². The fourth-order valence-corrected chi connectivity index (χ4v) is 16.7. The first-order chi connectivity index (χ1) is 11.8. The van der Waals surface area contributed by atoms with Crippen molar-refractivity contribution in [2.24, 2.45) is 47.3 Å². The van der Waals surface area contributed by atoms with E-state index in [1.807, 2.05) is 0 Å². The van der Waals surface area contributed by atoms with Crippen molar-refractivity contribution in [2.45, 2.75) is 61.4 Å². The first kappa shape index (κ1) is 18.5. The Kier molecular flexibility index (Phi) is 4.38. The van der Waals surface area contributed by atoms with Crippen molar-refractivity contribution in [2.75, 3.05) is 0 Å². The summed E-state index contributed by atoms with van der Waals surface area (Å²) in [5, 5.41) is 1.05. The zero-order chi connectivity index (χ0) is 17.4. The van der Waals surface area contributed by atoms with Gasteiger partial charge in [0.05, 0.1) is 0 Å². The molecule has 0 heterocycles. The van der Waals surface area contributed by atoms with E-state index in [4.69, 9.17) is 11.6 Å². The molecule has 8 aliphatic carbocycles. The quantitative estimate of drug-likeness (QED) is 0.143. The van der Waals surface area contributed by atoms with Crippen molar-refractivity contribution in [3.05, 3.63) is 0 Å². The van der Waals surface area contributed by atoms with Crippen LogP contribution in [0.4, 0.5) is 0 Å². The van der Waals surface area contributed by atoms with Gasteiger partial charge in [-0.05, 0) is 82.6 Å². The van der Waals surface area contributed by atoms with Crippen LogP contribution in [0, 0.1) is 47.3 Å². The molecule has 0 spiro atoms. The first-order valence-electron chi connectivity index (χ1n) is 10.2. The van der Waals surface area contributed by atoms with Crippen molar-refractivity contribution < 1.29 is 0 Å². The Bertz CT molecular complexity index is 618. The van der Waals surface area contributed by atoms with Gasteiger partial charge in [0, 0.05) is 5.38 Å². The number of alkyl halides is 1. The molecule has 0 N–H and O–H groups in total. The molecule has 136 valence electrons. The zero-order valence-corrected chi connectivity index (χ0v) is 22.2. The van der Waals surface area contributed by atoms with E-state index in [0.29, 0.717) is 10.7 Å². The molecule has 25 heavy (non-hydrogen) atoms. The van der Waals surface area contributed by atoms with Crippen LogP contribution in [0.25, 0.3) is 0 Å². The molecule has 0 aromatic rings. The summed E-state index contributed by atoms with van der Waals surface area (Å²) in [6, 6.07) is 0. The van der Waals surface area contributed by atoms with Gasteiger partial charge in [0.2, 0.25) is 8.58 Å². The summed E-state index contributed by atoms with van der Waals surface area (Å²) in [6.45, 7) is 7.34. The number of hydrogen-bond donors (Lipinski definition) is 0. The highest BCUT2D eigenvalue weighted by atomic mass is 127. The van der Waals surface area contributed by atoms with E-state index in [1.165, 1.54) is 35.2 Å². The van der Waals surface area contributed by atoms with E-state index < -0.39 is 0 Å². The fourth-order valence-electron chi connectivity index (χ4n) is 7.87. The summed E-state index contributed by atoms with van der Waals surface area (Å²) >= 11 is 12.4. The van der Waals surface area contributed by atoms with Gasteiger partial charge in [0.25, 0.3) is 0 Å². The number of hydrogen-bond acceptors (Lipinski definition) is 0. The Morgan fingerprint density at radius 3 is 1.92 bits per heavy atom. The third-order valence-electron chi connectivity index (χ3n) is 8.93. The van der Waals surface area contributed by atoms with E-state index in [-0.39, 0.29) is 0 Å². The minimum atomic E-state index is 0.487. The molecule has 8 rings (SSSR count). The van der Waals surface area contributed by atoms with E-state index >= 15 is 0 Å². The summed E-state index contributed by atoms with van der Waals surface area (Å²) in [4.78, 5) is 0. The first-order valence-corrected chi connectivity index (χ1v) is 15.5. The molecule has 7 heteroatoms. The van der Waals surface area contributed by atoms with Gasteiger partial charge in [0.1, 0.15) is 0 Å². The van der Waals surface area contributed by atoms with Crippen molar-refractivity contribution in [3.63, 3.8) is 0 Å². The van der Waals surface area contributed by atoms with Crippen LogP contribution in [-0.2, 0) is 0 Å². The van der Waals surface area contributed by atoms with Crippen LogP contribution in [0.5, 0.6) is 0 Å². The molecule has 8 fully saturated rings. The van der Waals surface area contributed by atoms with Crippen molar-refractivity contribution in [1.29, 1.82) is 0 Å². The minimum Gasteiger partial charge on any atom is -0.143 e. The minimum absolute atomic E-state index is 0.487. The lowest BCUT2D eigenvalue weighted by Crippen LogP contribution is -2.23. The van der Waals surface area contributed by atoms with Crippen molar-refractivity contribution >= 4 is 81.8 Å². The highest BCUT2D eigenvalue weighted by Gasteiger charge is 2.76.